The topological polar surface area (TPSA) is 182 Å². The lowest BCUT2D eigenvalue weighted by molar-refractivity contribution is -0.145. The van der Waals surface area contributed by atoms with Gasteiger partial charge in [0.15, 0.2) is 0 Å². The van der Waals surface area contributed by atoms with Crippen LogP contribution in [0.5, 0.6) is 11.6 Å². The van der Waals surface area contributed by atoms with Crippen molar-refractivity contribution < 1.29 is 41.8 Å². The van der Waals surface area contributed by atoms with Crippen molar-refractivity contribution in [2.24, 2.45) is 16.7 Å². The molecule has 16 heteroatoms. The van der Waals surface area contributed by atoms with E-state index in [1.165, 1.54) is 24.3 Å². The number of fused-ring (bicyclic) bond motifs is 1. The molecule has 3 aliphatic rings. The zero-order valence-corrected chi connectivity index (χ0v) is 33.2. The van der Waals surface area contributed by atoms with Gasteiger partial charge in [0, 0.05) is 27.1 Å². The van der Waals surface area contributed by atoms with E-state index in [4.69, 9.17) is 25.8 Å². The van der Waals surface area contributed by atoms with E-state index in [0.717, 1.165) is 0 Å². The molecule has 1 aromatic carbocycles. The molecular weight excluding hydrogens is 726 g/mol. The highest BCUT2D eigenvalue weighted by atomic mass is 35.5. The van der Waals surface area contributed by atoms with Gasteiger partial charge in [0.1, 0.15) is 35.1 Å². The zero-order valence-electron chi connectivity index (χ0n) is 31.7. The molecule has 5 rings (SSSR count). The minimum absolute atomic E-state index is 0.114. The quantitative estimate of drug-likeness (QED) is 0.275. The zero-order chi connectivity index (χ0) is 39.5. The van der Waals surface area contributed by atoms with Gasteiger partial charge >= 0.3 is 6.09 Å². The van der Waals surface area contributed by atoms with Crippen LogP contribution in [0.2, 0.25) is 5.02 Å². The molecule has 4 amide bonds. The third-order valence-corrected chi connectivity index (χ3v) is 12.1. The summed E-state index contributed by atoms with van der Waals surface area (Å²) in [6.45, 7) is 17.6. The fourth-order valence-electron chi connectivity index (χ4n) is 6.78. The molecule has 3 fully saturated rings. The molecule has 3 N–H and O–H groups in total. The molecule has 0 radical (unpaired) electrons. The molecule has 290 valence electrons. The highest BCUT2D eigenvalue weighted by Crippen LogP contribution is 2.47. The van der Waals surface area contributed by atoms with Gasteiger partial charge in [-0.1, -0.05) is 52.3 Å². The number of carbonyl (C=O) groups is 4. The minimum atomic E-state index is -3.93. The predicted octanol–water partition coefficient (Wildman–Crippen LogP) is 4.49. The molecular formula is C37H50ClN5O9S. The lowest BCUT2D eigenvalue weighted by Crippen LogP contribution is -2.62. The van der Waals surface area contributed by atoms with Crippen molar-refractivity contribution in [2.75, 3.05) is 13.7 Å². The average Bonchev–Trinajstić information content (AvgIpc) is 3.96. The van der Waals surface area contributed by atoms with Gasteiger partial charge in [0.05, 0.1) is 25.1 Å². The molecule has 2 aliphatic carbocycles. The SMILES string of the molecule is C=CC1CC1(NC(=O)C1N(C(=O)C(NC(=O)OC(C)(C)C)C(C)(C)C)CC(Oc2ncc(OC)c3ccc(Cl)cc23)C1(C)C)C(=O)NS(=O)(=O)C1CC1. The van der Waals surface area contributed by atoms with Crippen LogP contribution in [0.4, 0.5) is 4.79 Å². The number of amides is 4. The van der Waals surface area contributed by atoms with Crippen LogP contribution in [-0.4, -0.2) is 90.3 Å². The Kier molecular flexibility index (Phi) is 10.5. The van der Waals surface area contributed by atoms with Crippen LogP contribution >= 0.6 is 11.6 Å². The Balaban J connectivity index is 1.54. The van der Waals surface area contributed by atoms with Gasteiger partial charge in [0.25, 0.3) is 5.91 Å². The fraction of sp³-hybridized carbons (Fsp3) is 0.595. The van der Waals surface area contributed by atoms with Crippen LogP contribution in [0.3, 0.4) is 0 Å². The van der Waals surface area contributed by atoms with Gasteiger partial charge in [-0.2, -0.15) is 0 Å². The Morgan fingerprint density at radius 3 is 2.30 bits per heavy atom. The number of benzene rings is 1. The lowest BCUT2D eigenvalue weighted by Gasteiger charge is -2.38. The minimum Gasteiger partial charge on any atom is -0.494 e. The highest BCUT2D eigenvalue weighted by Gasteiger charge is 2.64. The molecule has 0 bridgehead atoms. The van der Waals surface area contributed by atoms with Crippen LogP contribution in [0.25, 0.3) is 10.8 Å². The number of likely N-dealkylation sites (tertiary alicyclic amines) is 1. The summed E-state index contributed by atoms with van der Waals surface area (Å²) in [7, 11) is -2.42. The second-order valence-electron chi connectivity index (χ2n) is 16.8. The van der Waals surface area contributed by atoms with E-state index < -0.39 is 85.2 Å². The number of nitrogens with zero attached hydrogens (tertiary/aromatic N) is 2. The van der Waals surface area contributed by atoms with Crippen molar-refractivity contribution in [3.63, 3.8) is 0 Å². The Hall–Kier alpha value is -4.11. The van der Waals surface area contributed by atoms with Gasteiger partial charge in [-0.15, -0.1) is 6.58 Å². The Morgan fingerprint density at radius 1 is 1.09 bits per heavy atom. The summed E-state index contributed by atoms with van der Waals surface area (Å²) in [6.07, 6.45) is 2.32. The Morgan fingerprint density at radius 2 is 1.75 bits per heavy atom. The molecule has 2 saturated carbocycles. The fourth-order valence-corrected chi connectivity index (χ4v) is 8.32. The smallest absolute Gasteiger partial charge is 0.408 e. The number of hydrogen-bond donors (Lipinski definition) is 3. The number of sulfonamides is 1. The molecule has 1 aromatic heterocycles. The van der Waals surface area contributed by atoms with Crippen LogP contribution in [0.1, 0.15) is 74.7 Å². The predicted molar refractivity (Wildman–Crippen MR) is 199 cm³/mol. The summed E-state index contributed by atoms with van der Waals surface area (Å²) in [6, 6.07) is 2.72. The molecule has 2 aromatic rings. The third kappa shape index (κ3) is 8.20. The molecule has 5 atom stereocenters. The van der Waals surface area contributed by atoms with Crippen molar-refractivity contribution in [1.29, 1.82) is 0 Å². The molecule has 0 spiro atoms. The van der Waals surface area contributed by atoms with Crippen LogP contribution in [0, 0.1) is 16.7 Å². The Labute approximate surface area is 315 Å². The maximum Gasteiger partial charge on any atom is 0.408 e. The standard InChI is InChI=1S/C37H50ClN5O9S/c1-11-20-17-37(20,32(46)42-53(48,49)22-13-14-22)41-29(44)28-36(8,9)26(51-30-24-16-21(38)12-15-23(24)25(50-10)18-39-30)19-43(28)31(45)27(34(2,3)4)40-33(47)52-35(5,6)7/h11-12,15-16,18,20,22,26-28H,1,13-14,17,19H2,2-10H3,(H,40,47)(H,41,44)(H,42,46). The maximum atomic E-state index is 14.7. The summed E-state index contributed by atoms with van der Waals surface area (Å²) in [5.41, 5.74) is -4.47. The molecule has 2 heterocycles. The van der Waals surface area contributed by atoms with Crippen molar-refractivity contribution in [1.82, 2.24) is 25.2 Å². The van der Waals surface area contributed by atoms with Crippen molar-refractivity contribution >= 4 is 56.2 Å². The van der Waals surface area contributed by atoms with Crippen molar-refractivity contribution in [3.8, 4) is 11.6 Å². The van der Waals surface area contributed by atoms with E-state index in [-0.39, 0.29) is 18.8 Å². The summed E-state index contributed by atoms with van der Waals surface area (Å²) in [5.74, 6) is -2.06. The third-order valence-electron chi connectivity index (χ3n) is 10.0. The number of carbonyl (C=O) groups excluding carboxylic acids is 4. The summed E-state index contributed by atoms with van der Waals surface area (Å²) < 4.78 is 45.3. The molecule has 53 heavy (non-hydrogen) atoms. The van der Waals surface area contributed by atoms with E-state index in [0.29, 0.717) is 34.4 Å². The maximum absolute atomic E-state index is 14.7. The monoisotopic (exact) mass is 775 g/mol. The first kappa shape index (κ1) is 40.1. The molecule has 5 unspecified atom stereocenters. The molecule has 1 saturated heterocycles. The van der Waals surface area contributed by atoms with Crippen LogP contribution < -0.4 is 24.8 Å². The first-order valence-corrected chi connectivity index (χ1v) is 19.5. The number of halogens is 1. The number of rotatable bonds is 11. The number of alkyl carbamates (subject to hydrolysis) is 1. The largest absolute Gasteiger partial charge is 0.494 e. The number of nitrogens with one attached hydrogen (secondary N) is 3. The highest BCUT2D eigenvalue weighted by molar-refractivity contribution is 7.91. The van der Waals surface area contributed by atoms with E-state index in [1.54, 1.807) is 73.6 Å². The second kappa shape index (κ2) is 13.9. The van der Waals surface area contributed by atoms with E-state index >= 15 is 0 Å². The van der Waals surface area contributed by atoms with Gasteiger partial charge in [-0.05, 0) is 63.6 Å². The molecule has 1 aliphatic heterocycles. The Bertz CT molecular complexity index is 1940. The van der Waals surface area contributed by atoms with E-state index in [9.17, 15) is 27.6 Å². The van der Waals surface area contributed by atoms with Gasteiger partial charge in [-0.25, -0.2) is 18.2 Å². The number of methoxy groups -OCH3 is 1. The summed E-state index contributed by atoms with van der Waals surface area (Å²) in [5, 5.41) is 6.51. The van der Waals surface area contributed by atoms with Gasteiger partial charge in [0.2, 0.25) is 27.7 Å². The first-order chi connectivity index (χ1) is 24.4. The average molecular weight is 776 g/mol. The molecule has 14 nitrogen and oxygen atoms in total. The summed E-state index contributed by atoms with van der Waals surface area (Å²) in [4.78, 5) is 61.9. The number of pyridine rings is 1. The van der Waals surface area contributed by atoms with Crippen LogP contribution in [0.15, 0.2) is 37.1 Å². The van der Waals surface area contributed by atoms with Gasteiger partial charge < -0.3 is 29.7 Å². The number of hydrogen-bond acceptors (Lipinski definition) is 10. The second-order valence-corrected chi connectivity index (χ2v) is 19.2. The lowest BCUT2D eigenvalue weighted by atomic mass is 9.81. The van der Waals surface area contributed by atoms with E-state index in [2.05, 4.69) is 26.9 Å². The van der Waals surface area contributed by atoms with E-state index in [1.807, 2.05) is 0 Å². The normalized spacial score (nSPS) is 24.5. The number of ether oxygens (including phenoxy) is 3. The first-order valence-electron chi connectivity index (χ1n) is 17.5. The van der Waals surface area contributed by atoms with Crippen molar-refractivity contribution in [3.05, 3.63) is 42.1 Å². The van der Waals surface area contributed by atoms with Crippen molar-refractivity contribution in [2.45, 2.75) is 109 Å². The number of aromatic nitrogens is 1. The van der Waals surface area contributed by atoms with Gasteiger partial charge in [-0.3, -0.25) is 19.1 Å². The van der Waals surface area contributed by atoms with Crippen LogP contribution in [-0.2, 0) is 29.1 Å². The summed E-state index contributed by atoms with van der Waals surface area (Å²) >= 11 is 6.37.